The molecule has 0 amide bonds. The van der Waals surface area contributed by atoms with Gasteiger partial charge in [0.15, 0.2) is 17.6 Å². The van der Waals surface area contributed by atoms with E-state index in [2.05, 4.69) is 9.97 Å². The number of nitrogens with zero attached hydrogens (tertiary/aromatic N) is 2. The van der Waals surface area contributed by atoms with Gasteiger partial charge in [0.05, 0.1) is 0 Å². The molecule has 2 heterocycles. The van der Waals surface area contributed by atoms with E-state index in [0.717, 1.165) is 11.1 Å². The summed E-state index contributed by atoms with van der Waals surface area (Å²) in [5.74, 6) is -0.252. The number of aromatic nitrogens is 2. The van der Waals surface area contributed by atoms with Gasteiger partial charge in [0.2, 0.25) is 0 Å². The van der Waals surface area contributed by atoms with E-state index in [1.54, 1.807) is 18.3 Å². The monoisotopic (exact) mass is 214 g/mol. The Morgan fingerprint density at radius 2 is 1.81 bits per heavy atom. The van der Waals surface area contributed by atoms with Crippen LogP contribution in [0.25, 0.3) is 22.4 Å². The molecule has 16 heavy (non-hydrogen) atoms. The van der Waals surface area contributed by atoms with E-state index in [9.17, 15) is 4.39 Å². The molecule has 0 saturated heterocycles. The van der Waals surface area contributed by atoms with Gasteiger partial charge in [0.25, 0.3) is 0 Å². The molecule has 0 fully saturated rings. The second-order valence-electron chi connectivity index (χ2n) is 3.40. The van der Waals surface area contributed by atoms with Crippen molar-refractivity contribution in [1.82, 2.24) is 9.97 Å². The molecule has 0 aliphatic heterocycles. The van der Waals surface area contributed by atoms with Crippen molar-refractivity contribution in [2.24, 2.45) is 0 Å². The highest BCUT2D eigenvalue weighted by Gasteiger charge is 2.03. The van der Waals surface area contributed by atoms with Crippen molar-refractivity contribution in [3.63, 3.8) is 0 Å². The first-order valence-corrected chi connectivity index (χ1v) is 4.78. The van der Waals surface area contributed by atoms with Gasteiger partial charge >= 0.3 is 0 Å². The highest BCUT2D eigenvalue weighted by Crippen LogP contribution is 2.22. The predicted octanol–water partition coefficient (Wildman–Crippen LogP) is 3.03. The predicted molar refractivity (Wildman–Crippen MR) is 57.2 cm³/mol. The number of fused-ring (bicyclic) bond motifs is 1. The zero-order valence-electron chi connectivity index (χ0n) is 8.22. The van der Waals surface area contributed by atoms with Crippen molar-refractivity contribution in [1.29, 1.82) is 0 Å². The van der Waals surface area contributed by atoms with E-state index in [1.165, 1.54) is 18.5 Å². The summed E-state index contributed by atoms with van der Waals surface area (Å²) in [7, 11) is 0. The van der Waals surface area contributed by atoms with Gasteiger partial charge in [-0.25, -0.2) is 9.37 Å². The molecule has 0 radical (unpaired) electrons. The number of rotatable bonds is 1. The van der Waals surface area contributed by atoms with Gasteiger partial charge in [-0.3, -0.25) is 0 Å². The summed E-state index contributed by atoms with van der Waals surface area (Å²) in [6.07, 6.45) is 3.05. The molecule has 0 unspecified atom stereocenters. The first kappa shape index (κ1) is 9.03. The first-order valence-electron chi connectivity index (χ1n) is 4.78. The lowest BCUT2D eigenvalue weighted by Gasteiger charge is -1.99. The lowest BCUT2D eigenvalue weighted by atomic mass is 10.1. The minimum atomic E-state index is -0.252. The SMILES string of the molecule is Fc1ccc(-c2cnc3ncoc3c2)cc1. The standard InChI is InChI=1S/C12H7FN2O/c13-10-3-1-8(2-4-10)9-5-11-12(14-6-9)15-7-16-11/h1-7H. The number of halogens is 1. The van der Waals surface area contributed by atoms with Gasteiger partial charge in [0, 0.05) is 11.8 Å². The summed E-state index contributed by atoms with van der Waals surface area (Å²) in [6.45, 7) is 0. The van der Waals surface area contributed by atoms with Gasteiger partial charge in [-0.05, 0) is 23.8 Å². The van der Waals surface area contributed by atoms with Gasteiger partial charge in [-0.1, -0.05) is 12.1 Å². The van der Waals surface area contributed by atoms with Crippen LogP contribution in [0.2, 0.25) is 0 Å². The Hall–Kier alpha value is -2.23. The average Bonchev–Trinajstić information content (AvgIpc) is 2.77. The van der Waals surface area contributed by atoms with Crippen LogP contribution in [0.15, 0.2) is 47.3 Å². The highest BCUT2D eigenvalue weighted by molar-refractivity contribution is 5.75. The zero-order chi connectivity index (χ0) is 11.0. The molecule has 1 aromatic carbocycles. The van der Waals surface area contributed by atoms with Gasteiger partial charge in [-0.15, -0.1) is 0 Å². The molecule has 0 bridgehead atoms. The van der Waals surface area contributed by atoms with Crippen LogP contribution in [0, 0.1) is 5.82 Å². The summed E-state index contributed by atoms with van der Waals surface area (Å²) in [5, 5.41) is 0. The fourth-order valence-corrected chi connectivity index (χ4v) is 1.55. The minimum Gasteiger partial charge on any atom is -0.442 e. The van der Waals surface area contributed by atoms with Crippen LogP contribution in [0.1, 0.15) is 0 Å². The van der Waals surface area contributed by atoms with Crippen LogP contribution in [0.4, 0.5) is 4.39 Å². The maximum absolute atomic E-state index is 12.8. The van der Waals surface area contributed by atoms with Crippen molar-refractivity contribution < 1.29 is 8.81 Å². The number of benzene rings is 1. The van der Waals surface area contributed by atoms with Gasteiger partial charge in [-0.2, -0.15) is 4.98 Å². The van der Waals surface area contributed by atoms with Crippen molar-refractivity contribution >= 4 is 11.2 Å². The molecule has 3 aromatic rings. The Bertz CT molecular complexity index is 631. The molecule has 3 nitrogen and oxygen atoms in total. The molecule has 0 spiro atoms. The fourth-order valence-electron chi connectivity index (χ4n) is 1.55. The van der Waals surface area contributed by atoms with Gasteiger partial charge in [0.1, 0.15) is 5.82 Å². The molecule has 0 aliphatic carbocycles. The summed E-state index contributed by atoms with van der Waals surface area (Å²) in [5.41, 5.74) is 2.98. The number of hydrogen-bond donors (Lipinski definition) is 0. The molecule has 78 valence electrons. The number of oxazole rings is 1. The van der Waals surface area contributed by atoms with Crippen LogP contribution < -0.4 is 0 Å². The average molecular weight is 214 g/mol. The molecule has 0 atom stereocenters. The van der Waals surface area contributed by atoms with Crippen LogP contribution in [-0.4, -0.2) is 9.97 Å². The molecular weight excluding hydrogens is 207 g/mol. The second-order valence-corrected chi connectivity index (χ2v) is 3.40. The molecule has 0 aliphatic rings. The first-order chi connectivity index (χ1) is 7.83. The molecule has 0 saturated carbocycles. The Labute approximate surface area is 90.6 Å². The Kier molecular flexibility index (Phi) is 1.93. The largest absolute Gasteiger partial charge is 0.442 e. The lowest BCUT2D eigenvalue weighted by Crippen LogP contribution is -1.82. The van der Waals surface area contributed by atoms with E-state index in [0.29, 0.717) is 11.2 Å². The third kappa shape index (κ3) is 1.44. The Balaban J connectivity index is 2.14. The lowest BCUT2D eigenvalue weighted by molar-refractivity contribution is 0.602. The van der Waals surface area contributed by atoms with Crippen LogP contribution in [0.5, 0.6) is 0 Å². The number of hydrogen-bond acceptors (Lipinski definition) is 3. The molecule has 2 aromatic heterocycles. The maximum atomic E-state index is 12.8. The number of pyridine rings is 1. The third-order valence-electron chi connectivity index (χ3n) is 2.37. The Morgan fingerprint density at radius 1 is 1.00 bits per heavy atom. The smallest absolute Gasteiger partial charge is 0.198 e. The van der Waals surface area contributed by atoms with E-state index >= 15 is 0 Å². The third-order valence-corrected chi connectivity index (χ3v) is 2.37. The van der Waals surface area contributed by atoms with E-state index < -0.39 is 0 Å². The summed E-state index contributed by atoms with van der Waals surface area (Å²) in [6, 6.07) is 8.07. The zero-order valence-corrected chi connectivity index (χ0v) is 8.22. The quantitative estimate of drug-likeness (QED) is 0.625. The molecule has 0 N–H and O–H groups in total. The Morgan fingerprint density at radius 3 is 2.62 bits per heavy atom. The van der Waals surface area contributed by atoms with Crippen LogP contribution in [-0.2, 0) is 0 Å². The maximum Gasteiger partial charge on any atom is 0.198 e. The van der Waals surface area contributed by atoms with Crippen LogP contribution in [0.3, 0.4) is 0 Å². The van der Waals surface area contributed by atoms with Crippen molar-refractivity contribution in [3.05, 3.63) is 48.7 Å². The summed E-state index contributed by atoms with van der Waals surface area (Å²) in [4.78, 5) is 8.07. The topological polar surface area (TPSA) is 38.9 Å². The van der Waals surface area contributed by atoms with Crippen molar-refractivity contribution in [2.75, 3.05) is 0 Å². The minimum absolute atomic E-state index is 0.252. The van der Waals surface area contributed by atoms with E-state index in [-0.39, 0.29) is 5.82 Å². The van der Waals surface area contributed by atoms with Crippen molar-refractivity contribution in [2.45, 2.75) is 0 Å². The molecular formula is C12H7FN2O. The van der Waals surface area contributed by atoms with E-state index in [4.69, 9.17) is 4.42 Å². The van der Waals surface area contributed by atoms with Crippen LogP contribution >= 0.6 is 0 Å². The van der Waals surface area contributed by atoms with Gasteiger partial charge < -0.3 is 4.42 Å². The van der Waals surface area contributed by atoms with E-state index in [1.807, 2.05) is 6.07 Å². The molecule has 4 heteroatoms. The second kappa shape index (κ2) is 3.41. The summed E-state index contributed by atoms with van der Waals surface area (Å²) < 4.78 is 17.9. The van der Waals surface area contributed by atoms with Crippen molar-refractivity contribution in [3.8, 4) is 11.1 Å². The molecule has 3 rings (SSSR count). The normalized spacial score (nSPS) is 10.8. The fraction of sp³-hybridized carbons (Fsp3) is 0. The highest BCUT2D eigenvalue weighted by atomic mass is 19.1. The summed E-state index contributed by atoms with van der Waals surface area (Å²) >= 11 is 0.